The molecule has 2 aliphatic heterocycles. The van der Waals surface area contributed by atoms with E-state index in [2.05, 4.69) is 4.98 Å². The lowest BCUT2D eigenvalue weighted by Gasteiger charge is -2.51. The molecular formula is C27H24ClF3N4O2. The second-order valence-corrected chi connectivity index (χ2v) is 10.4. The van der Waals surface area contributed by atoms with Crippen molar-refractivity contribution in [3.63, 3.8) is 0 Å². The molecule has 0 radical (unpaired) electrons. The molecule has 0 spiro atoms. The Labute approximate surface area is 215 Å². The molecule has 4 heterocycles. The Morgan fingerprint density at radius 3 is 2.41 bits per heavy atom. The minimum absolute atomic E-state index is 0.00532. The van der Waals surface area contributed by atoms with E-state index in [1.54, 1.807) is 24.5 Å². The van der Waals surface area contributed by atoms with Crippen LogP contribution in [0.25, 0.3) is 16.8 Å². The van der Waals surface area contributed by atoms with Crippen molar-refractivity contribution in [2.45, 2.75) is 42.6 Å². The van der Waals surface area contributed by atoms with Crippen molar-refractivity contribution in [2.75, 3.05) is 18.9 Å². The van der Waals surface area contributed by atoms with Crippen LogP contribution in [0.15, 0.2) is 54.9 Å². The number of anilines is 1. The van der Waals surface area contributed by atoms with E-state index in [0.717, 1.165) is 49.7 Å². The maximum Gasteiger partial charge on any atom is 0.298 e. The molecule has 2 aromatic carbocycles. The Morgan fingerprint density at radius 1 is 1.08 bits per heavy atom. The summed E-state index contributed by atoms with van der Waals surface area (Å²) in [7, 11) is 0. The highest BCUT2D eigenvalue weighted by molar-refractivity contribution is 6.30. The molecule has 1 aliphatic carbocycles. The van der Waals surface area contributed by atoms with Crippen molar-refractivity contribution in [1.29, 1.82) is 0 Å². The van der Waals surface area contributed by atoms with Gasteiger partial charge in [0.05, 0.1) is 29.3 Å². The molecular weight excluding hydrogens is 505 g/mol. The fourth-order valence-corrected chi connectivity index (χ4v) is 5.77. The molecule has 192 valence electrons. The number of nitrogens with zero attached hydrogens (tertiary/aromatic N) is 3. The first-order chi connectivity index (χ1) is 17.7. The van der Waals surface area contributed by atoms with E-state index >= 15 is 8.78 Å². The van der Waals surface area contributed by atoms with Crippen LogP contribution < -0.4 is 5.73 Å². The summed E-state index contributed by atoms with van der Waals surface area (Å²) in [5.41, 5.74) is 6.53. The first kappa shape index (κ1) is 24.2. The molecule has 2 saturated heterocycles. The van der Waals surface area contributed by atoms with Gasteiger partial charge in [0, 0.05) is 29.1 Å². The summed E-state index contributed by atoms with van der Waals surface area (Å²) in [5.74, 6) is -3.07. The van der Waals surface area contributed by atoms with Crippen molar-refractivity contribution in [1.82, 2.24) is 14.4 Å². The molecule has 2 bridgehead atoms. The van der Waals surface area contributed by atoms with E-state index in [4.69, 9.17) is 27.1 Å². The SMILES string of the molecule is Nc1nccn2c(C34CCC(CO)(CC3)OC4)nc(-c3ccc(C(F)(F)c4ccc(F)c(Cl)c4)cc3)c12. The Morgan fingerprint density at radius 2 is 1.78 bits per heavy atom. The lowest BCUT2D eigenvalue weighted by Crippen LogP contribution is -2.55. The number of aromatic nitrogens is 3. The molecule has 3 N–H and O–H groups in total. The molecule has 4 aromatic rings. The van der Waals surface area contributed by atoms with Crippen molar-refractivity contribution in [3.05, 3.63) is 82.6 Å². The third kappa shape index (κ3) is 3.71. The van der Waals surface area contributed by atoms with Crippen molar-refractivity contribution < 1.29 is 23.0 Å². The van der Waals surface area contributed by atoms with Crippen LogP contribution >= 0.6 is 11.6 Å². The Hall–Kier alpha value is -3.14. The number of alkyl halides is 2. The van der Waals surface area contributed by atoms with Crippen molar-refractivity contribution >= 4 is 22.9 Å². The zero-order valence-electron chi connectivity index (χ0n) is 19.7. The predicted molar refractivity (Wildman–Crippen MR) is 133 cm³/mol. The van der Waals surface area contributed by atoms with Crippen LogP contribution in [0.1, 0.15) is 42.6 Å². The number of aliphatic hydroxyl groups excluding tert-OH is 1. The van der Waals surface area contributed by atoms with Crippen LogP contribution in [-0.2, 0) is 16.1 Å². The van der Waals surface area contributed by atoms with Crippen LogP contribution in [-0.4, -0.2) is 38.3 Å². The smallest absolute Gasteiger partial charge is 0.298 e. The van der Waals surface area contributed by atoms with Crippen LogP contribution in [0.3, 0.4) is 0 Å². The monoisotopic (exact) mass is 528 g/mol. The van der Waals surface area contributed by atoms with Gasteiger partial charge in [0.1, 0.15) is 28.7 Å². The van der Waals surface area contributed by atoms with E-state index in [-0.39, 0.29) is 28.4 Å². The number of fused-ring (bicyclic) bond motifs is 4. The zero-order valence-corrected chi connectivity index (χ0v) is 20.5. The molecule has 37 heavy (non-hydrogen) atoms. The van der Waals surface area contributed by atoms with Crippen LogP contribution in [0.5, 0.6) is 0 Å². The van der Waals surface area contributed by atoms with Gasteiger partial charge in [-0.2, -0.15) is 8.78 Å². The van der Waals surface area contributed by atoms with Gasteiger partial charge in [-0.15, -0.1) is 0 Å². The van der Waals surface area contributed by atoms with Crippen molar-refractivity contribution in [2.24, 2.45) is 0 Å². The maximum absolute atomic E-state index is 15.2. The molecule has 2 aromatic heterocycles. The number of imidazole rings is 1. The highest BCUT2D eigenvalue weighted by atomic mass is 35.5. The summed E-state index contributed by atoms with van der Waals surface area (Å²) in [6.45, 7) is 0.425. The predicted octanol–water partition coefficient (Wildman–Crippen LogP) is 5.48. The number of hydrogen-bond acceptors (Lipinski definition) is 5. The van der Waals surface area contributed by atoms with Gasteiger partial charge >= 0.3 is 0 Å². The van der Waals surface area contributed by atoms with Crippen LogP contribution in [0.4, 0.5) is 19.0 Å². The Bertz CT molecular complexity index is 1480. The second kappa shape index (κ2) is 8.44. The molecule has 3 aliphatic rings. The van der Waals surface area contributed by atoms with Gasteiger partial charge < -0.3 is 15.6 Å². The number of nitrogens with two attached hydrogens (primary N) is 1. The maximum atomic E-state index is 15.2. The fourth-order valence-electron chi connectivity index (χ4n) is 5.59. The number of rotatable bonds is 5. The normalized spacial score (nSPS) is 23.6. The van der Waals surface area contributed by atoms with Gasteiger partial charge in [0.25, 0.3) is 5.92 Å². The lowest BCUT2D eigenvalue weighted by molar-refractivity contribution is -0.177. The minimum Gasteiger partial charge on any atom is -0.393 e. The average molecular weight is 529 g/mol. The van der Waals surface area contributed by atoms with Gasteiger partial charge in [-0.05, 0) is 43.9 Å². The molecule has 7 rings (SSSR count). The standard InChI is InChI=1S/C27H24ClF3N4O2/c28-19-13-18(5-6-20(19)29)27(30,31)17-3-1-16(2-4-17)21-22-23(32)33-11-12-35(22)24(34-21)25-7-9-26(14-36,10-8-25)37-15-25/h1-6,11-13,36H,7-10,14-15H2,(H2,32,33). The number of halogens is 4. The molecule has 10 heteroatoms. The van der Waals surface area contributed by atoms with E-state index in [9.17, 15) is 9.50 Å². The first-order valence-electron chi connectivity index (χ1n) is 12.0. The summed E-state index contributed by atoms with van der Waals surface area (Å²) in [4.78, 5) is 9.22. The number of aliphatic hydroxyl groups is 1. The van der Waals surface area contributed by atoms with Crippen LogP contribution in [0, 0.1) is 5.82 Å². The van der Waals surface area contributed by atoms with E-state index < -0.39 is 22.9 Å². The van der Waals surface area contributed by atoms with Gasteiger partial charge in [-0.25, -0.2) is 14.4 Å². The van der Waals surface area contributed by atoms with E-state index in [1.807, 2.05) is 4.40 Å². The van der Waals surface area contributed by atoms with Gasteiger partial charge in [0.15, 0.2) is 0 Å². The Balaban J connectivity index is 1.40. The number of hydrogen-bond donors (Lipinski definition) is 2. The van der Waals surface area contributed by atoms with Crippen molar-refractivity contribution in [3.8, 4) is 11.3 Å². The summed E-state index contributed by atoms with van der Waals surface area (Å²) < 4.78 is 51.9. The van der Waals surface area contributed by atoms with Gasteiger partial charge in [-0.1, -0.05) is 35.9 Å². The van der Waals surface area contributed by atoms with E-state index in [0.29, 0.717) is 23.4 Å². The van der Waals surface area contributed by atoms with Gasteiger partial charge in [0.2, 0.25) is 0 Å². The third-order valence-corrected chi connectivity index (χ3v) is 8.21. The van der Waals surface area contributed by atoms with Gasteiger partial charge in [-0.3, -0.25) is 4.40 Å². The molecule has 0 atom stereocenters. The molecule has 1 saturated carbocycles. The quantitative estimate of drug-likeness (QED) is 0.358. The third-order valence-electron chi connectivity index (χ3n) is 7.92. The largest absolute Gasteiger partial charge is 0.393 e. The molecule has 6 nitrogen and oxygen atoms in total. The molecule has 0 amide bonds. The Kier molecular flexibility index (Phi) is 5.52. The second-order valence-electron chi connectivity index (χ2n) is 10.0. The number of nitrogen functional groups attached to an aromatic ring is 1. The minimum atomic E-state index is -3.38. The zero-order chi connectivity index (χ0) is 26.0. The first-order valence-corrected chi connectivity index (χ1v) is 12.4. The molecule has 3 fully saturated rings. The van der Waals surface area contributed by atoms with E-state index in [1.165, 1.54) is 12.1 Å². The highest BCUT2D eigenvalue weighted by Crippen LogP contribution is 2.50. The summed E-state index contributed by atoms with van der Waals surface area (Å²) >= 11 is 5.73. The average Bonchev–Trinajstić information content (AvgIpc) is 3.33. The fraction of sp³-hybridized carbons (Fsp3) is 0.333. The highest BCUT2D eigenvalue weighted by Gasteiger charge is 2.52. The lowest BCUT2D eigenvalue weighted by atomic mass is 9.66. The summed E-state index contributed by atoms with van der Waals surface area (Å²) in [5, 5.41) is 9.45. The summed E-state index contributed by atoms with van der Waals surface area (Å²) in [6, 6.07) is 8.67. The topological polar surface area (TPSA) is 85.7 Å². The van der Waals surface area contributed by atoms with Crippen LogP contribution in [0.2, 0.25) is 5.02 Å². The molecule has 0 unspecified atom stereocenters. The summed E-state index contributed by atoms with van der Waals surface area (Å²) in [6.07, 6.45) is 6.47. The number of ether oxygens (including phenoxy) is 1. The number of benzene rings is 2.